The normalized spacial score (nSPS) is 11.0. The van der Waals surface area contributed by atoms with Gasteiger partial charge in [0.15, 0.2) is 0 Å². The second-order valence-corrected chi connectivity index (χ2v) is 5.74. The van der Waals surface area contributed by atoms with E-state index in [9.17, 15) is 4.79 Å². The number of hydrogen-bond donors (Lipinski definition) is 0. The number of aromatic nitrogens is 1. The molecule has 80 valence electrons. The molecule has 0 unspecified atom stereocenters. The molecule has 2 aromatic heterocycles. The van der Waals surface area contributed by atoms with E-state index in [0.29, 0.717) is 6.54 Å². The van der Waals surface area contributed by atoms with Crippen LogP contribution in [0.25, 0.3) is 9.65 Å². The van der Waals surface area contributed by atoms with Crippen LogP contribution in [0.1, 0.15) is 5.76 Å². The Labute approximate surface area is 97.9 Å². The minimum atomic E-state index is 0.0838. The molecule has 0 N–H and O–H groups in total. The van der Waals surface area contributed by atoms with Gasteiger partial charge in [0.25, 0.3) is 0 Å². The van der Waals surface area contributed by atoms with Crippen LogP contribution in [0.15, 0.2) is 51.9 Å². The van der Waals surface area contributed by atoms with Gasteiger partial charge in [-0.1, -0.05) is 0 Å². The molecule has 2 heterocycles. The van der Waals surface area contributed by atoms with E-state index in [1.54, 1.807) is 6.26 Å². The Bertz CT molecular complexity index is 664. The zero-order valence-electron chi connectivity index (χ0n) is 8.42. The molecule has 3 nitrogen and oxygen atoms in total. The van der Waals surface area contributed by atoms with Crippen molar-refractivity contribution in [2.24, 2.45) is 0 Å². The van der Waals surface area contributed by atoms with E-state index in [1.165, 1.54) is 0 Å². The van der Waals surface area contributed by atoms with Crippen LogP contribution >= 0.6 is 0 Å². The second-order valence-electron chi connectivity index (χ2n) is 3.51. The van der Waals surface area contributed by atoms with Crippen molar-refractivity contribution in [3.8, 4) is 0 Å². The van der Waals surface area contributed by atoms with Crippen molar-refractivity contribution in [3.63, 3.8) is 0 Å². The van der Waals surface area contributed by atoms with Crippen molar-refractivity contribution in [3.05, 3.63) is 58.8 Å². The molecule has 0 aliphatic carbocycles. The van der Waals surface area contributed by atoms with Crippen LogP contribution in [0.3, 0.4) is 0 Å². The molecule has 0 radical (unpaired) electrons. The van der Waals surface area contributed by atoms with Gasteiger partial charge in [-0.3, -0.25) is 0 Å². The van der Waals surface area contributed by atoms with Crippen LogP contribution in [-0.2, 0) is 6.54 Å². The molecule has 0 fully saturated rings. The van der Waals surface area contributed by atoms with E-state index >= 15 is 0 Å². The van der Waals surface area contributed by atoms with Crippen LogP contribution in [0, 0.1) is 0 Å². The van der Waals surface area contributed by atoms with Crippen LogP contribution in [0.5, 0.6) is 0 Å². The van der Waals surface area contributed by atoms with Crippen LogP contribution in [-0.4, -0.2) is 18.3 Å². The third kappa shape index (κ3) is 1.56. The first-order valence-electron chi connectivity index (χ1n) is 4.96. The summed E-state index contributed by atoms with van der Waals surface area (Å²) < 4.78 is 8.28. The molecule has 4 heteroatoms. The first-order chi connectivity index (χ1) is 7.84. The topological polar surface area (TPSA) is 35.1 Å². The van der Waals surface area contributed by atoms with Gasteiger partial charge < -0.3 is 0 Å². The Morgan fingerprint density at radius 3 is 2.81 bits per heavy atom. The Balaban J connectivity index is 2.11. The molecular formula is C12H9NO2Se. The van der Waals surface area contributed by atoms with Crippen molar-refractivity contribution in [1.29, 1.82) is 0 Å². The Morgan fingerprint density at radius 1 is 1.19 bits per heavy atom. The summed E-state index contributed by atoms with van der Waals surface area (Å²) in [7, 11) is 0. The Kier molecular flexibility index (Phi) is 2.31. The third-order valence-electron chi connectivity index (χ3n) is 2.43. The average Bonchev–Trinajstić information content (AvgIpc) is 2.90. The summed E-state index contributed by atoms with van der Waals surface area (Å²) in [4.78, 5) is 12.0. The zero-order chi connectivity index (χ0) is 11.0. The van der Waals surface area contributed by atoms with Gasteiger partial charge in [-0.2, -0.15) is 0 Å². The summed E-state index contributed by atoms with van der Waals surface area (Å²) in [6.07, 6.45) is 1.63. The summed E-state index contributed by atoms with van der Waals surface area (Å²) in [6, 6.07) is 11.5. The molecular weight excluding hydrogens is 269 g/mol. The van der Waals surface area contributed by atoms with Crippen molar-refractivity contribution in [2.45, 2.75) is 6.54 Å². The summed E-state index contributed by atoms with van der Waals surface area (Å²) in [5, 5.41) is 0.842. The van der Waals surface area contributed by atoms with Crippen molar-refractivity contribution >= 4 is 24.4 Å². The van der Waals surface area contributed by atoms with Gasteiger partial charge in [0.1, 0.15) is 0 Å². The van der Waals surface area contributed by atoms with Crippen molar-refractivity contribution in [1.82, 2.24) is 3.56 Å². The number of fused-ring (bicyclic) bond motifs is 1. The van der Waals surface area contributed by atoms with Gasteiger partial charge in [-0.05, 0) is 0 Å². The molecule has 3 rings (SSSR count). The maximum absolute atomic E-state index is 12.0. The molecule has 0 amide bonds. The fourth-order valence-electron chi connectivity index (χ4n) is 1.67. The predicted octanol–water partition coefficient (Wildman–Crippen LogP) is 1.70. The molecule has 0 atom stereocenters. The molecule has 0 spiro atoms. The van der Waals surface area contributed by atoms with E-state index in [0.717, 1.165) is 15.4 Å². The third-order valence-corrected chi connectivity index (χ3v) is 4.67. The second kappa shape index (κ2) is 3.81. The van der Waals surface area contributed by atoms with Gasteiger partial charge >= 0.3 is 97.7 Å². The first kappa shape index (κ1) is 9.70. The molecule has 0 aliphatic rings. The molecule has 1 aromatic carbocycles. The average molecular weight is 278 g/mol. The van der Waals surface area contributed by atoms with E-state index in [1.807, 2.05) is 40.0 Å². The van der Waals surface area contributed by atoms with Crippen molar-refractivity contribution in [2.75, 3.05) is 0 Å². The van der Waals surface area contributed by atoms with E-state index in [2.05, 4.69) is 0 Å². The van der Waals surface area contributed by atoms with Gasteiger partial charge in [-0.15, -0.1) is 0 Å². The summed E-state index contributed by atoms with van der Waals surface area (Å²) >= 11 is 0.0838. The van der Waals surface area contributed by atoms with E-state index in [4.69, 9.17) is 4.42 Å². The first-order valence-corrected chi connectivity index (χ1v) is 6.58. The summed E-state index contributed by atoms with van der Waals surface area (Å²) in [5.74, 6) is 0.836. The molecule has 0 saturated carbocycles. The maximum atomic E-state index is 12.0. The number of rotatable bonds is 2. The molecule has 0 bridgehead atoms. The van der Waals surface area contributed by atoms with Crippen LogP contribution in [0.2, 0.25) is 0 Å². The summed E-state index contributed by atoms with van der Waals surface area (Å²) in [5.41, 5.74) is 0.118. The van der Waals surface area contributed by atoms with E-state index in [-0.39, 0.29) is 20.3 Å². The number of benzene rings is 1. The Morgan fingerprint density at radius 2 is 2.06 bits per heavy atom. The Hall–Kier alpha value is -1.51. The van der Waals surface area contributed by atoms with Crippen LogP contribution in [0.4, 0.5) is 0 Å². The monoisotopic (exact) mass is 279 g/mol. The standard InChI is InChI=1S/C12H9NO2Se/c14-12-10-5-1-2-6-11(10)16-13(12)8-9-4-3-7-15-9/h1-7H,8H2. The van der Waals surface area contributed by atoms with Crippen molar-refractivity contribution < 1.29 is 4.42 Å². The SMILES string of the molecule is O=c1c2ccccc2[se]n1Cc1ccco1. The van der Waals surface area contributed by atoms with E-state index < -0.39 is 0 Å². The van der Waals surface area contributed by atoms with Gasteiger partial charge in [0.05, 0.1) is 0 Å². The fourth-order valence-corrected chi connectivity index (χ4v) is 3.77. The quantitative estimate of drug-likeness (QED) is 0.669. The fraction of sp³-hybridized carbons (Fsp3) is 0.0833. The van der Waals surface area contributed by atoms with Gasteiger partial charge in [0.2, 0.25) is 0 Å². The number of nitrogens with zero attached hydrogens (tertiary/aromatic N) is 1. The minimum absolute atomic E-state index is 0.0838. The van der Waals surface area contributed by atoms with Crippen LogP contribution < -0.4 is 5.56 Å². The number of hydrogen-bond acceptors (Lipinski definition) is 2. The van der Waals surface area contributed by atoms with Gasteiger partial charge in [-0.25, -0.2) is 0 Å². The van der Waals surface area contributed by atoms with Gasteiger partial charge in [0, 0.05) is 0 Å². The zero-order valence-corrected chi connectivity index (χ0v) is 10.1. The summed E-state index contributed by atoms with van der Waals surface area (Å²) in [6.45, 7) is 0.570. The molecule has 0 aliphatic heterocycles. The number of furan rings is 1. The molecule has 0 saturated heterocycles. The predicted molar refractivity (Wildman–Crippen MR) is 63.0 cm³/mol. The molecule has 3 aromatic rings. The molecule has 16 heavy (non-hydrogen) atoms.